The summed E-state index contributed by atoms with van der Waals surface area (Å²) in [6, 6.07) is 1.98. The van der Waals surface area contributed by atoms with Crippen molar-refractivity contribution in [2.24, 2.45) is 0 Å². The Morgan fingerprint density at radius 3 is 3.00 bits per heavy atom. The van der Waals surface area contributed by atoms with Gasteiger partial charge in [-0.25, -0.2) is 0 Å². The standard InChI is InChI=1S/C11H15N3OS2/c1-3-4-16-6-9-13-11(15-14-9)8-5-7(2)17-10(8)12/h5H,3-4,6,12H2,1-2H3. The molecule has 0 bridgehead atoms. The predicted molar refractivity (Wildman–Crippen MR) is 73.2 cm³/mol. The molecule has 0 atom stereocenters. The van der Waals surface area contributed by atoms with E-state index in [1.165, 1.54) is 11.3 Å². The van der Waals surface area contributed by atoms with Crippen LogP contribution in [0.15, 0.2) is 10.6 Å². The average molecular weight is 269 g/mol. The van der Waals surface area contributed by atoms with Crippen LogP contribution in [0, 0.1) is 6.92 Å². The molecular weight excluding hydrogens is 254 g/mol. The van der Waals surface area contributed by atoms with Gasteiger partial charge in [0, 0.05) is 4.88 Å². The molecule has 0 aliphatic carbocycles. The van der Waals surface area contributed by atoms with Crippen LogP contribution in [-0.2, 0) is 5.75 Å². The Morgan fingerprint density at radius 2 is 2.35 bits per heavy atom. The van der Waals surface area contributed by atoms with Gasteiger partial charge in [0.15, 0.2) is 5.82 Å². The second-order valence-electron chi connectivity index (χ2n) is 3.70. The van der Waals surface area contributed by atoms with E-state index in [0.717, 1.165) is 39.2 Å². The van der Waals surface area contributed by atoms with Crippen molar-refractivity contribution in [2.75, 3.05) is 11.5 Å². The van der Waals surface area contributed by atoms with E-state index in [9.17, 15) is 0 Å². The van der Waals surface area contributed by atoms with Gasteiger partial charge < -0.3 is 10.3 Å². The molecule has 0 aromatic carbocycles. The summed E-state index contributed by atoms with van der Waals surface area (Å²) in [4.78, 5) is 5.51. The molecule has 0 radical (unpaired) electrons. The van der Waals surface area contributed by atoms with Crippen molar-refractivity contribution in [3.05, 3.63) is 16.8 Å². The highest BCUT2D eigenvalue weighted by Crippen LogP contribution is 2.32. The molecule has 2 aromatic rings. The highest BCUT2D eigenvalue weighted by molar-refractivity contribution is 7.98. The first-order valence-corrected chi connectivity index (χ1v) is 7.44. The fraction of sp³-hybridized carbons (Fsp3) is 0.455. The third-order valence-electron chi connectivity index (χ3n) is 2.16. The summed E-state index contributed by atoms with van der Waals surface area (Å²) < 4.78 is 5.23. The minimum atomic E-state index is 0.527. The first-order valence-electron chi connectivity index (χ1n) is 5.47. The van der Waals surface area contributed by atoms with E-state index in [2.05, 4.69) is 17.1 Å². The van der Waals surface area contributed by atoms with Crippen molar-refractivity contribution in [1.82, 2.24) is 10.1 Å². The molecule has 2 N–H and O–H groups in total. The van der Waals surface area contributed by atoms with Crippen molar-refractivity contribution in [2.45, 2.75) is 26.0 Å². The molecule has 6 heteroatoms. The number of hydrogen-bond donors (Lipinski definition) is 1. The van der Waals surface area contributed by atoms with E-state index in [4.69, 9.17) is 10.3 Å². The Hall–Kier alpha value is -1.01. The molecule has 2 rings (SSSR count). The van der Waals surface area contributed by atoms with Crippen LogP contribution in [0.25, 0.3) is 11.5 Å². The van der Waals surface area contributed by atoms with Crippen molar-refractivity contribution in [3.8, 4) is 11.5 Å². The van der Waals surface area contributed by atoms with Gasteiger partial charge in [-0.3, -0.25) is 0 Å². The molecular formula is C11H15N3OS2. The van der Waals surface area contributed by atoms with Crippen LogP contribution < -0.4 is 5.73 Å². The van der Waals surface area contributed by atoms with E-state index in [-0.39, 0.29) is 0 Å². The Labute approximate surface area is 109 Å². The first-order chi connectivity index (χ1) is 8.20. The Balaban J connectivity index is 2.10. The molecule has 17 heavy (non-hydrogen) atoms. The summed E-state index contributed by atoms with van der Waals surface area (Å²) in [6.45, 7) is 4.17. The molecule has 0 spiro atoms. The number of nitrogens with two attached hydrogens (primary N) is 1. The van der Waals surface area contributed by atoms with E-state index in [0.29, 0.717) is 5.89 Å². The fourth-order valence-electron chi connectivity index (χ4n) is 1.43. The Bertz CT molecular complexity index is 493. The lowest BCUT2D eigenvalue weighted by Crippen LogP contribution is -1.86. The summed E-state index contributed by atoms with van der Waals surface area (Å²) >= 11 is 3.35. The number of thiophene rings is 1. The summed E-state index contributed by atoms with van der Waals surface area (Å²) in [5, 5.41) is 4.69. The molecule has 0 amide bonds. The highest BCUT2D eigenvalue weighted by Gasteiger charge is 2.13. The SMILES string of the molecule is CCCSCc1noc(-c2cc(C)sc2N)n1. The third-order valence-corrected chi connectivity index (χ3v) is 4.20. The average Bonchev–Trinajstić information content (AvgIpc) is 2.86. The number of nitrogens with zero attached hydrogens (tertiary/aromatic N) is 2. The lowest BCUT2D eigenvalue weighted by Gasteiger charge is -1.92. The van der Waals surface area contributed by atoms with Crippen molar-refractivity contribution in [3.63, 3.8) is 0 Å². The number of aryl methyl sites for hydroxylation is 1. The topological polar surface area (TPSA) is 64.9 Å². The van der Waals surface area contributed by atoms with E-state index in [1.807, 2.05) is 24.8 Å². The zero-order valence-corrected chi connectivity index (χ0v) is 11.5. The summed E-state index contributed by atoms with van der Waals surface area (Å²) in [6.07, 6.45) is 1.16. The van der Waals surface area contributed by atoms with Gasteiger partial charge in [0.25, 0.3) is 5.89 Å². The maximum Gasteiger partial charge on any atom is 0.260 e. The number of anilines is 1. The van der Waals surface area contributed by atoms with Gasteiger partial charge in [-0.05, 0) is 25.2 Å². The maximum atomic E-state index is 5.89. The maximum absolute atomic E-state index is 5.89. The number of aromatic nitrogens is 2. The van der Waals surface area contributed by atoms with Crippen LogP contribution in [0.1, 0.15) is 24.0 Å². The van der Waals surface area contributed by atoms with E-state index >= 15 is 0 Å². The molecule has 0 unspecified atom stereocenters. The number of thioether (sulfide) groups is 1. The Kier molecular flexibility index (Phi) is 4.06. The molecule has 0 saturated carbocycles. The minimum absolute atomic E-state index is 0.527. The quantitative estimate of drug-likeness (QED) is 0.843. The lowest BCUT2D eigenvalue weighted by molar-refractivity contribution is 0.425. The molecule has 2 aromatic heterocycles. The third kappa shape index (κ3) is 3.01. The van der Waals surface area contributed by atoms with E-state index < -0.39 is 0 Å². The van der Waals surface area contributed by atoms with Crippen LogP contribution in [0.4, 0.5) is 5.00 Å². The molecule has 0 aliphatic rings. The number of hydrogen-bond acceptors (Lipinski definition) is 6. The monoisotopic (exact) mass is 269 g/mol. The van der Waals surface area contributed by atoms with Gasteiger partial charge in [0.1, 0.15) is 0 Å². The molecule has 0 fully saturated rings. The molecule has 0 aliphatic heterocycles. The van der Waals surface area contributed by atoms with Crippen molar-refractivity contribution in [1.29, 1.82) is 0 Å². The lowest BCUT2D eigenvalue weighted by atomic mass is 10.3. The fourth-order valence-corrected chi connectivity index (χ4v) is 2.94. The largest absolute Gasteiger partial charge is 0.390 e. The summed E-state index contributed by atoms with van der Waals surface area (Å²) in [5.74, 6) is 3.17. The molecule has 2 heterocycles. The molecule has 92 valence electrons. The van der Waals surface area contributed by atoms with Gasteiger partial charge in [0.05, 0.1) is 16.3 Å². The van der Waals surface area contributed by atoms with Gasteiger partial charge >= 0.3 is 0 Å². The van der Waals surface area contributed by atoms with Gasteiger partial charge in [-0.15, -0.1) is 11.3 Å². The Morgan fingerprint density at radius 1 is 1.53 bits per heavy atom. The zero-order valence-electron chi connectivity index (χ0n) is 9.90. The molecule has 4 nitrogen and oxygen atoms in total. The second kappa shape index (κ2) is 5.55. The first kappa shape index (κ1) is 12.4. The van der Waals surface area contributed by atoms with Gasteiger partial charge in [-0.1, -0.05) is 12.1 Å². The van der Waals surface area contributed by atoms with Crippen LogP contribution in [-0.4, -0.2) is 15.9 Å². The number of nitrogen functional groups attached to an aromatic ring is 1. The second-order valence-corrected chi connectivity index (χ2v) is 6.10. The molecule has 0 saturated heterocycles. The highest BCUT2D eigenvalue weighted by atomic mass is 32.2. The van der Waals surface area contributed by atoms with Gasteiger partial charge in [0.2, 0.25) is 0 Å². The normalized spacial score (nSPS) is 10.9. The van der Waals surface area contributed by atoms with E-state index in [1.54, 1.807) is 0 Å². The van der Waals surface area contributed by atoms with Gasteiger partial charge in [-0.2, -0.15) is 16.7 Å². The van der Waals surface area contributed by atoms with Crippen LogP contribution in [0.3, 0.4) is 0 Å². The summed E-state index contributed by atoms with van der Waals surface area (Å²) in [7, 11) is 0. The predicted octanol–water partition coefficient (Wildman–Crippen LogP) is 3.33. The number of rotatable bonds is 5. The smallest absolute Gasteiger partial charge is 0.260 e. The van der Waals surface area contributed by atoms with Crippen LogP contribution in [0.2, 0.25) is 0 Å². The zero-order chi connectivity index (χ0) is 12.3. The minimum Gasteiger partial charge on any atom is -0.390 e. The van der Waals surface area contributed by atoms with Crippen molar-refractivity contribution >= 4 is 28.1 Å². The van der Waals surface area contributed by atoms with Crippen LogP contribution in [0.5, 0.6) is 0 Å². The summed E-state index contributed by atoms with van der Waals surface area (Å²) in [5.41, 5.74) is 6.74. The van der Waals surface area contributed by atoms with Crippen LogP contribution >= 0.6 is 23.1 Å². The van der Waals surface area contributed by atoms with Crippen molar-refractivity contribution < 1.29 is 4.52 Å².